The third-order valence-corrected chi connectivity index (χ3v) is 1.08. The van der Waals surface area contributed by atoms with Gasteiger partial charge in [0.05, 0.1) is 0 Å². The summed E-state index contributed by atoms with van der Waals surface area (Å²) in [5.41, 5.74) is 0. The molecule has 0 fully saturated rings. The molecular formula is C4H2ClF3NO. The lowest BCUT2D eigenvalue weighted by Gasteiger charge is -2.18. The van der Waals surface area contributed by atoms with Crippen molar-refractivity contribution in [3.63, 3.8) is 0 Å². The molecule has 1 aliphatic rings. The molecule has 0 saturated carbocycles. The van der Waals surface area contributed by atoms with Gasteiger partial charge in [0.15, 0.2) is 0 Å². The first-order chi connectivity index (χ1) is 4.52. The molecule has 0 atom stereocenters. The van der Waals surface area contributed by atoms with E-state index in [1.807, 2.05) is 0 Å². The van der Waals surface area contributed by atoms with Crippen LogP contribution in [0.2, 0.25) is 0 Å². The van der Waals surface area contributed by atoms with Crippen molar-refractivity contribution in [2.45, 2.75) is 6.30 Å². The largest absolute Gasteiger partial charge is 0.509 e. The van der Waals surface area contributed by atoms with Gasteiger partial charge in [-0.1, -0.05) is 11.6 Å². The van der Waals surface area contributed by atoms with Crippen LogP contribution in [0.25, 0.3) is 0 Å². The zero-order valence-corrected chi connectivity index (χ0v) is 5.28. The summed E-state index contributed by atoms with van der Waals surface area (Å²) in [6, 6.07) is 0. The molecule has 0 N–H and O–H groups in total. The molecule has 0 aromatic rings. The van der Waals surface area contributed by atoms with Gasteiger partial charge in [-0.3, -0.25) is 4.84 Å². The second-order valence-electron chi connectivity index (χ2n) is 1.49. The fourth-order valence-corrected chi connectivity index (χ4v) is 0.633. The van der Waals surface area contributed by atoms with Gasteiger partial charge >= 0.3 is 6.30 Å². The van der Waals surface area contributed by atoms with Crippen LogP contribution in [0.1, 0.15) is 0 Å². The summed E-state index contributed by atoms with van der Waals surface area (Å²) in [5.74, 6) is 0. The van der Waals surface area contributed by atoms with Crippen LogP contribution < -0.4 is 0 Å². The Morgan fingerprint density at radius 3 is 2.30 bits per heavy atom. The highest BCUT2D eigenvalue weighted by Crippen LogP contribution is 2.31. The molecule has 0 bridgehead atoms. The van der Waals surface area contributed by atoms with Crippen molar-refractivity contribution in [1.82, 2.24) is 5.06 Å². The fraction of sp³-hybridized carbons (Fsp3) is 0.250. The molecule has 0 aromatic heterocycles. The predicted octanol–water partition coefficient (Wildman–Crippen LogP) is 2.00. The summed E-state index contributed by atoms with van der Waals surface area (Å²) in [7, 11) is 0. The zero-order valence-electron chi connectivity index (χ0n) is 4.52. The third-order valence-electron chi connectivity index (χ3n) is 0.796. The van der Waals surface area contributed by atoms with E-state index >= 15 is 0 Å². The van der Waals surface area contributed by atoms with Crippen molar-refractivity contribution in [1.29, 1.82) is 0 Å². The van der Waals surface area contributed by atoms with Crippen molar-refractivity contribution in [3.05, 3.63) is 17.8 Å². The average molecular weight is 173 g/mol. The minimum absolute atomic E-state index is 0.339. The highest BCUT2D eigenvalue weighted by Gasteiger charge is 2.42. The monoisotopic (exact) mass is 172 g/mol. The van der Waals surface area contributed by atoms with E-state index in [4.69, 9.17) is 11.6 Å². The first kappa shape index (κ1) is 7.68. The number of hydroxylamine groups is 2. The molecule has 0 saturated heterocycles. The van der Waals surface area contributed by atoms with Crippen molar-refractivity contribution in [2.75, 3.05) is 0 Å². The summed E-state index contributed by atoms with van der Waals surface area (Å²) >= 11 is 5.07. The Bertz CT molecular complexity index is 166. The number of alkyl halides is 3. The third kappa shape index (κ3) is 1.35. The Morgan fingerprint density at radius 1 is 1.50 bits per heavy atom. The van der Waals surface area contributed by atoms with E-state index in [1.165, 1.54) is 0 Å². The van der Waals surface area contributed by atoms with Gasteiger partial charge in [0.2, 0.25) is 0 Å². The Hall–Kier alpha value is -0.420. The van der Waals surface area contributed by atoms with E-state index in [0.717, 1.165) is 12.7 Å². The maximum atomic E-state index is 11.7. The van der Waals surface area contributed by atoms with Crippen LogP contribution in [0.3, 0.4) is 0 Å². The van der Waals surface area contributed by atoms with E-state index in [0.29, 0.717) is 0 Å². The summed E-state index contributed by atoms with van der Waals surface area (Å²) in [6.07, 6.45) is -3.56. The lowest BCUT2D eigenvalue weighted by molar-refractivity contribution is -0.331. The summed E-state index contributed by atoms with van der Waals surface area (Å²) in [5, 5.41) is -0.832. The average Bonchev–Trinajstić information content (AvgIpc) is 2.11. The Kier molecular flexibility index (Phi) is 1.78. The maximum Gasteiger partial charge on any atom is 0.509 e. The van der Waals surface area contributed by atoms with E-state index in [2.05, 4.69) is 4.84 Å². The topological polar surface area (TPSA) is 12.5 Å². The van der Waals surface area contributed by atoms with Crippen LogP contribution in [0, 0.1) is 6.61 Å². The van der Waals surface area contributed by atoms with E-state index in [9.17, 15) is 13.2 Å². The first-order valence-electron chi connectivity index (χ1n) is 2.24. The Labute approximate surface area is 59.8 Å². The van der Waals surface area contributed by atoms with Crippen LogP contribution in [-0.2, 0) is 4.84 Å². The highest BCUT2D eigenvalue weighted by molar-refractivity contribution is 6.29. The van der Waals surface area contributed by atoms with Gasteiger partial charge < -0.3 is 0 Å². The molecule has 1 aliphatic heterocycles. The second kappa shape index (κ2) is 2.32. The number of hydrogen-bond donors (Lipinski definition) is 0. The smallest absolute Gasteiger partial charge is 0.254 e. The lowest BCUT2D eigenvalue weighted by atomic mass is 10.7. The summed E-state index contributed by atoms with van der Waals surface area (Å²) < 4.78 is 35.0. The van der Waals surface area contributed by atoms with Crippen molar-refractivity contribution in [3.8, 4) is 0 Å². The normalized spacial score (nSPS) is 19.6. The summed E-state index contributed by atoms with van der Waals surface area (Å²) in [6.45, 7) is 0.857. The molecule has 0 aromatic carbocycles. The van der Waals surface area contributed by atoms with Crippen molar-refractivity contribution < 1.29 is 18.0 Å². The number of nitrogens with zero attached hydrogens (tertiary/aromatic N) is 1. The van der Waals surface area contributed by atoms with Gasteiger partial charge in [0.25, 0.3) is 0 Å². The van der Waals surface area contributed by atoms with Gasteiger partial charge in [0, 0.05) is 0 Å². The number of hydrogen-bond acceptors (Lipinski definition) is 2. The van der Waals surface area contributed by atoms with Crippen LogP contribution in [0.5, 0.6) is 0 Å². The maximum absolute atomic E-state index is 11.7. The molecule has 1 rings (SSSR count). The van der Waals surface area contributed by atoms with Crippen molar-refractivity contribution >= 4 is 11.6 Å². The standard InChI is InChI=1S/C4H2ClF3NO/c5-3-1-2-10-9(3)4(6,7)8/h1-2H. The van der Waals surface area contributed by atoms with Gasteiger partial charge in [-0.2, -0.15) is 0 Å². The van der Waals surface area contributed by atoms with Crippen LogP contribution >= 0.6 is 11.6 Å². The zero-order chi connectivity index (χ0) is 7.78. The molecule has 10 heavy (non-hydrogen) atoms. The Morgan fingerprint density at radius 2 is 2.10 bits per heavy atom. The minimum atomic E-state index is -4.57. The van der Waals surface area contributed by atoms with Crippen molar-refractivity contribution in [2.24, 2.45) is 0 Å². The molecule has 6 heteroatoms. The number of rotatable bonds is 0. The van der Waals surface area contributed by atoms with Crippen LogP contribution in [0.4, 0.5) is 13.2 Å². The molecule has 0 aliphatic carbocycles. The van der Waals surface area contributed by atoms with Gasteiger partial charge in [-0.05, 0) is 6.08 Å². The van der Waals surface area contributed by atoms with Gasteiger partial charge in [-0.25, -0.2) is 0 Å². The van der Waals surface area contributed by atoms with Gasteiger partial charge in [-0.15, -0.1) is 18.2 Å². The molecular weight excluding hydrogens is 170 g/mol. The highest BCUT2D eigenvalue weighted by atomic mass is 35.5. The molecule has 0 spiro atoms. The molecule has 0 amide bonds. The fourth-order valence-electron chi connectivity index (χ4n) is 0.446. The predicted molar refractivity (Wildman–Crippen MR) is 27.2 cm³/mol. The van der Waals surface area contributed by atoms with E-state index in [1.54, 1.807) is 0 Å². The molecule has 57 valence electrons. The quantitative estimate of drug-likeness (QED) is 0.518. The first-order valence-corrected chi connectivity index (χ1v) is 2.62. The molecule has 0 unspecified atom stereocenters. The minimum Gasteiger partial charge on any atom is -0.254 e. The van der Waals surface area contributed by atoms with Gasteiger partial charge in [0.1, 0.15) is 11.8 Å². The van der Waals surface area contributed by atoms with E-state index < -0.39 is 11.5 Å². The summed E-state index contributed by atoms with van der Waals surface area (Å²) in [4.78, 5) is 3.99. The molecule has 1 radical (unpaired) electrons. The van der Waals surface area contributed by atoms with E-state index in [-0.39, 0.29) is 5.06 Å². The second-order valence-corrected chi connectivity index (χ2v) is 1.88. The van der Waals surface area contributed by atoms with Crippen LogP contribution in [-0.4, -0.2) is 11.4 Å². The molecule has 2 nitrogen and oxygen atoms in total. The Balaban J connectivity index is 2.67. The van der Waals surface area contributed by atoms with Crippen LogP contribution in [0.15, 0.2) is 11.2 Å². The lowest BCUT2D eigenvalue weighted by Crippen LogP contribution is -2.32. The SMILES string of the molecule is FC(F)(F)N1O[CH]C=C1Cl. The number of halogens is 4. The molecule has 1 heterocycles.